The first-order valence-electron chi connectivity index (χ1n) is 5.50. The van der Waals surface area contributed by atoms with Crippen LogP contribution in [-0.4, -0.2) is 34.7 Å². The van der Waals surface area contributed by atoms with Gasteiger partial charge in [-0.15, -0.1) is 0 Å². The Balaban J connectivity index is 2.39. The molecule has 0 bridgehead atoms. The third-order valence-electron chi connectivity index (χ3n) is 3.49. The molecule has 1 saturated heterocycles. The third-order valence-corrected chi connectivity index (χ3v) is 3.49. The fourth-order valence-electron chi connectivity index (χ4n) is 2.09. The molecule has 1 N–H and O–H groups in total. The average Bonchev–Trinajstić information content (AvgIpc) is 2.02. The van der Waals surface area contributed by atoms with Gasteiger partial charge in [0.25, 0.3) is 0 Å². The van der Waals surface area contributed by atoms with Gasteiger partial charge in [-0.3, -0.25) is 4.90 Å². The molecule has 1 heterocycles. The van der Waals surface area contributed by atoms with E-state index in [1.54, 1.807) is 0 Å². The van der Waals surface area contributed by atoms with E-state index in [-0.39, 0.29) is 0 Å². The summed E-state index contributed by atoms with van der Waals surface area (Å²) in [5, 5.41) is 10.1. The molecule has 1 aliphatic heterocycles. The van der Waals surface area contributed by atoms with Crippen molar-refractivity contribution in [3.8, 4) is 0 Å². The highest BCUT2D eigenvalue weighted by Gasteiger charge is 2.45. The molecule has 13 heavy (non-hydrogen) atoms. The highest BCUT2D eigenvalue weighted by atomic mass is 16.3. The Hall–Kier alpha value is -0.0800. The highest BCUT2D eigenvalue weighted by molar-refractivity contribution is 4.99. The van der Waals surface area contributed by atoms with Gasteiger partial charge in [-0.25, -0.2) is 0 Å². The van der Waals surface area contributed by atoms with Crippen molar-refractivity contribution in [3.05, 3.63) is 0 Å². The molecule has 1 fully saturated rings. The molecule has 0 unspecified atom stereocenters. The summed E-state index contributed by atoms with van der Waals surface area (Å²) >= 11 is 0. The number of likely N-dealkylation sites (tertiary alicyclic amines) is 1. The zero-order chi connectivity index (χ0) is 10.1. The average molecular weight is 185 g/mol. The van der Waals surface area contributed by atoms with Crippen LogP contribution in [0.5, 0.6) is 0 Å². The van der Waals surface area contributed by atoms with Gasteiger partial charge in [-0.2, -0.15) is 0 Å². The molecule has 2 heteroatoms. The second-order valence-electron chi connectivity index (χ2n) is 4.63. The minimum atomic E-state index is -0.400. The van der Waals surface area contributed by atoms with Crippen molar-refractivity contribution in [2.75, 3.05) is 13.1 Å². The summed E-state index contributed by atoms with van der Waals surface area (Å²) in [5.41, 5.74) is -0.400. The third kappa shape index (κ3) is 2.05. The molecule has 0 atom stereocenters. The number of nitrogens with zero attached hydrogens (tertiary/aromatic N) is 1. The second-order valence-corrected chi connectivity index (χ2v) is 4.63. The normalized spacial score (nSPS) is 22.4. The Morgan fingerprint density at radius 1 is 1.23 bits per heavy atom. The summed E-state index contributed by atoms with van der Waals surface area (Å²) in [6.07, 6.45) is 2.40. The molecule has 78 valence electrons. The van der Waals surface area contributed by atoms with Gasteiger partial charge in [0, 0.05) is 19.1 Å². The summed E-state index contributed by atoms with van der Waals surface area (Å²) in [5.74, 6) is 0.387. The minimum Gasteiger partial charge on any atom is -0.387 e. The monoisotopic (exact) mass is 185 g/mol. The molecule has 0 saturated carbocycles. The maximum atomic E-state index is 10.1. The fourth-order valence-corrected chi connectivity index (χ4v) is 2.09. The predicted molar refractivity (Wildman–Crippen MR) is 55.7 cm³/mol. The van der Waals surface area contributed by atoms with E-state index < -0.39 is 5.60 Å². The molecule has 0 amide bonds. The summed E-state index contributed by atoms with van der Waals surface area (Å²) in [6.45, 7) is 10.4. The smallest absolute Gasteiger partial charge is 0.0923 e. The second kappa shape index (κ2) is 3.97. The molecule has 0 aromatic rings. The molecular weight excluding hydrogens is 162 g/mol. The van der Waals surface area contributed by atoms with E-state index in [4.69, 9.17) is 0 Å². The Bertz CT molecular complexity index is 157. The van der Waals surface area contributed by atoms with E-state index >= 15 is 0 Å². The van der Waals surface area contributed by atoms with Crippen LogP contribution in [0.25, 0.3) is 0 Å². The van der Waals surface area contributed by atoms with Gasteiger partial charge in [0.15, 0.2) is 0 Å². The summed E-state index contributed by atoms with van der Waals surface area (Å²) in [7, 11) is 0. The Morgan fingerprint density at radius 3 is 2.00 bits per heavy atom. The predicted octanol–water partition coefficient (Wildman–Crippen LogP) is 1.88. The van der Waals surface area contributed by atoms with Gasteiger partial charge in [0.1, 0.15) is 0 Å². The van der Waals surface area contributed by atoms with Crippen LogP contribution in [0.3, 0.4) is 0 Å². The van der Waals surface area contributed by atoms with Gasteiger partial charge in [-0.05, 0) is 18.8 Å². The van der Waals surface area contributed by atoms with Crippen molar-refractivity contribution in [2.45, 2.75) is 52.2 Å². The molecule has 1 rings (SSSR count). The largest absolute Gasteiger partial charge is 0.387 e. The highest BCUT2D eigenvalue weighted by Crippen LogP contribution is 2.31. The zero-order valence-corrected chi connectivity index (χ0v) is 9.38. The van der Waals surface area contributed by atoms with Crippen LogP contribution in [0.15, 0.2) is 0 Å². The van der Waals surface area contributed by atoms with Crippen LogP contribution in [0, 0.1) is 5.92 Å². The minimum absolute atomic E-state index is 0.387. The SMILES string of the molecule is CCC(CC)N1CC(O)(C(C)C)C1. The van der Waals surface area contributed by atoms with E-state index in [9.17, 15) is 5.11 Å². The lowest BCUT2D eigenvalue weighted by Gasteiger charge is -2.52. The van der Waals surface area contributed by atoms with Crippen molar-refractivity contribution in [1.82, 2.24) is 4.90 Å². The van der Waals surface area contributed by atoms with Crippen LogP contribution in [0.4, 0.5) is 0 Å². The van der Waals surface area contributed by atoms with Crippen molar-refractivity contribution >= 4 is 0 Å². The van der Waals surface area contributed by atoms with E-state index in [0.29, 0.717) is 12.0 Å². The molecule has 2 nitrogen and oxygen atoms in total. The maximum Gasteiger partial charge on any atom is 0.0923 e. The number of rotatable bonds is 4. The van der Waals surface area contributed by atoms with Gasteiger partial charge in [0.2, 0.25) is 0 Å². The lowest BCUT2D eigenvalue weighted by Crippen LogP contribution is -2.66. The van der Waals surface area contributed by atoms with Crippen molar-refractivity contribution < 1.29 is 5.11 Å². The zero-order valence-electron chi connectivity index (χ0n) is 9.38. The van der Waals surface area contributed by atoms with Crippen LogP contribution < -0.4 is 0 Å². The van der Waals surface area contributed by atoms with Gasteiger partial charge in [-0.1, -0.05) is 27.7 Å². The number of hydrogen-bond acceptors (Lipinski definition) is 2. The topological polar surface area (TPSA) is 23.5 Å². The van der Waals surface area contributed by atoms with Gasteiger partial charge < -0.3 is 5.11 Å². The van der Waals surface area contributed by atoms with Crippen molar-refractivity contribution in [2.24, 2.45) is 5.92 Å². The fraction of sp³-hybridized carbons (Fsp3) is 1.00. The van der Waals surface area contributed by atoms with Crippen LogP contribution >= 0.6 is 0 Å². The quantitative estimate of drug-likeness (QED) is 0.723. The Morgan fingerprint density at radius 2 is 1.69 bits per heavy atom. The first-order valence-corrected chi connectivity index (χ1v) is 5.50. The van der Waals surface area contributed by atoms with E-state index in [2.05, 4.69) is 32.6 Å². The van der Waals surface area contributed by atoms with Crippen LogP contribution in [0.1, 0.15) is 40.5 Å². The van der Waals surface area contributed by atoms with Crippen molar-refractivity contribution in [3.63, 3.8) is 0 Å². The number of hydrogen-bond donors (Lipinski definition) is 1. The van der Waals surface area contributed by atoms with E-state index in [1.165, 1.54) is 12.8 Å². The summed E-state index contributed by atoms with van der Waals surface area (Å²) in [4.78, 5) is 2.40. The van der Waals surface area contributed by atoms with Gasteiger partial charge in [0.05, 0.1) is 5.60 Å². The number of aliphatic hydroxyl groups is 1. The molecule has 0 aromatic heterocycles. The molecule has 0 aliphatic carbocycles. The van der Waals surface area contributed by atoms with Crippen LogP contribution in [-0.2, 0) is 0 Å². The molecule has 0 spiro atoms. The first kappa shape index (κ1) is 11.0. The van der Waals surface area contributed by atoms with Crippen molar-refractivity contribution in [1.29, 1.82) is 0 Å². The maximum absolute atomic E-state index is 10.1. The standard InChI is InChI=1S/C11H23NO/c1-5-10(6-2)12-7-11(13,8-12)9(3)4/h9-10,13H,5-8H2,1-4H3. The molecule has 0 aromatic carbocycles. The molecule has 1 aliphatic rings. The lowest BCUT2D eigenvalue weighted by molar-refractivity contribution is -0.143. The van der Waals surface area contributed by atoms with E-state index in [1.807, 2.05) is 0 Å². The Labute approximate surface area is 81.9 Å². The number of β-amino-alcohol motifs (C(OH)–C–C–N with tert-alkyl or cyclic N) is 1. The lowest BCUT2D eigenvalue weighted by atomic mass is 9.81. The summed E-state index contributed by atoms with van der Waals surface area (Å²) < 4.78 is 0. The van der Waals surface area contributed by atoms with Crippen LogP contribution in [0.2, 0.25) is 0 Å². The molecular formula is C11H23NO. The summed E-state index contributed by atoms with van der Waals surface area (Å²) in [6, 6.07) is 0.680. The molecule has 0 radical (unpaired) electrons. The van der Waals surface area contributed by atoms with E-state index in [0.717, 1.165) is 13.1 Å². The van der Waals surface area contributed by atoms with Gasteiger partial charge >= 0.3 is 0 Å². The Kier molecular flexibility index (Phi) is 3.36. The first-order chi connectivity index (χ1) is 6.03.